The number of hydrogen-bond acceptors (Lipinski definition) is 3. The van der Waals surface area contributed by atoms with E-state index in [4.69, 9.17) is 8.83 Å². The van der Waals surface area contributed by atoms with Crippen LogP contribution >= 0.6 is 0 Å². The van der Waals surface area contributed by atoms with E-state index in [0.29, 0.717) is 0 Å². The van der Waals surface area contributed by atoms with Crippen LogP contribution in [0.5, 0.6) is 0 Å². The molecule has 1 atom stereocenters. The number of rotatable bonds is 7. The molecule has 1 aliphatic rings. The predicted molar refractivity (Wildman–Crippen MR) is 299 cm³/mol. The second-order valence-electron chi connectivity index (χ2n) is 19.0. The van der Waals surface area contributed by atoms with E-state index in [1.807, 2.05) is 0 Å². The van der Waals surface area contributed by atoms with Crippen LogP contribution in [0.25, 0.3) is 98.8 Å². The fraction of sp³-hybridized carbons (Fsp3) is 0.0145. The van der Waals surface area contributed by atoms with E-state index in [-0.39, 0.29) is 0 Å². The lowest BCUT2D eigenvalue weighted by molar-refractivity contribution is 0.669. The molecule has 15 rings (SSSR count). The number of benzene rings is 12. The lowest BCUT2D eigenvalue weighted by Crippen LogP contribution is -2.29. The van der Waals surface area contributed by atoms with Crippen LogP contribution in [-0.4, -0.2) is 0 Å². The summed E-state index contributed by atoms with van der Waals surface area (Å²) in [7, 11) is 0. The van der Waals surface area contributed by atoms with Gasteiger partial charge >= 0.3 is 0 Å². The maximum absolute atomic E-state index is 6.92. The van der Waals surface area contributed by atoms with Gasteiger partial charge in [0.1, 0.15) is 22.3 Å². The predicted octanol–water partition coefficient (Wildman–Crippen LogP) is 19.0. The molecule has 0 radical (unpaired) electrons. The molecule has 3 heteroatoms. The zero-order chi connectivity index (χ0) is 47.3. The Morgan fingerprint density at radius 1 is 0.319 bits per heavy atom. The van der Waals surface area contributed by atoms with Crippen LogP contribution in [0.2, 0.25) is 0 Å². The lowest BCUT2D eigenvalue weighted by Gasteiger charge is -2.35. The van der Waals surface area contributed by atoms with Crippen molar-refractivity contribution in [2.45, 2.75) is 5.41 Å². The average molecular weight is 918 g/mol. The van der Waals surface area contributed by atoms with Gasteiger partial charge in [-0.25, -0.2) is 0 Å². The molecule has 0 aliphatic heterocycles. The van der Waals surface area contributed by atoms with Gasteiger partial charge in [-0.15, -0.1) is 0 Å². The number of nitrogens with zero attached hydrogens (tertiary/aromatic N) is 1. The van der Waals surface area contributed by atoms with Gasteiger partial charge in [-0.2, -0.15) is 0 Å². The highest BCUT2D eigenvalue weighted by atomic mass is 16.3. The first-order valence-corrected chi connectivity index (χ1v) is 24.7. The van der Waals surface area contributed by atoms with Crippen LogP contribution in [0.1, 0.15) is 22.3 Å². The number of fused-ring (bicyclic) bond motifs is 12. The van der Waals surface area contributed by atoms with Crippen molar-refractivity contribution in [3.8, 4) is 33.4 Å². The van der Waals surface area contributed by atoms with Gasteiger partial charge in [0.15, 0.2) is 0 Å². The van der Waals surface area contributed by atoms with E-state index in [1.165, 1.54) is 55.3 Å². The number of hydrogen-bond donors (Lipinski definition) is 0. The topological polar surface area (TPSA) is 29.5 Å². The molecular weight excluding hydrogens is 875 g/mol. The first kappa shape index (κ1) is 40.4. The van der Waals surface area contributed by atoms with Crippen LogP contribution in [0.15, 0.2) is 270 Å². The molecule has 3 nitrogen and oxygen atoms in total. The van der Waals surface area contributed by atoms with Gasteiger partial charge in [0.2, 0.25) is 0 Å². The summed E-state index contributed by atoms with van der Waals surface area (Å²) in [4.78, 5) is 2.45. The highest BCUT2D eigenvalue weighted by Crippen LogP contribution is 2.59. The third kappa shape index (κ3) is 5.85. The Bertz CT molecular complexity index is 4460. The Labute approximate surface area is 416 Å². The maximum Gasteiger partial charge on any atom is 0.143 e. The fourth-order valence-corrected chi connectivity index (χ4v) is 12.3. The van der Waals surface area contributed by atoms with Gasteiger partial charge < -0.3 is 13.7 Å². The summed E-state index contributed by atoms with van der Waals surface area (Å²) in [6.45, 7) is 0. The molecule has 12 aromatic carbocycles. The van der Waals surface area contributed by atoms with Crippen LogP contribution in [0.3, 0.4) is 0 Å². The SMILES string of the molecule is c1ccc(-c2ccc3oc4cccc(N(c5cccc(C6(c7ccccc7)c7ccccc7-c7c(-c8cccc9ccccc89)cccc76)c5)c5cccc6oc7c8ccccc8ccc7c56)c4c3c2)cc1. The van der Waals surface area contributed by atoms with Gasteiger partial charge in [0.25, 0.3) is 0 Å². The van der Waals surface area contributed by atoms with E-state index in [2.05, 4.69) is 266 Å². The van der Waals surface area contributed by atoms with E-state index in [9.17, 15) is 0 Å². The normalized spacial score (nSPS) is 14.2. The van der Waals surface area contributed by atoms with Crippen molar-refractivity contribution < 1.29 is 8.83 Å². The Morgan fingerprint density at radius 2 is 0.917 bits per heavy atom. The van der Waals surface area contributed by atoms with Crippen molar-refractivity contribution in [2.24, 2.45) is 0 Å². The second kappa shape index (κ2) is 15.8. The van der Waals surface area contributed by atoms with Crippen molar-refractivity contribution >= 4 is 82.5 Å². The summed E-state index contributed by atoms with van der Waals surface area (Å²) in [5.74, 6) is 0. The van der Waals surface area contributed by atoms with Crippen molar-refractivity contribution in [3.05, 3.63) is 283 Å². The highest BCUT2D eigenvalue weighted by molar-refractivity contribution is 6.21. The van der Waals surface area contributed by atoms with Gasteiger partial charge in [-0.3, -0.25) is 0 Å². The van der Waals surface area contributed by atoms with Crippen molar-refractivity contribution in [1.29, 1.82) is 0 Å². The minimum atomic E-state index is -0.679. The highest BCUT2D eigenvalue weighted by Gasteiger charge is 2.47. The van der Waals surface area contributed by atoms with Gasteiger partial charge in [0, 0.05) is 21.8 Å². The molecule has 2 heterocycles. The Morgan fingerprint density at radius 3 is 1.75 bits per heavy atom. The summed E-state index contributed by atoms with van der Waals surface area (Å²) in [5.41, 5.74) is 17.9. The van der Waals surface area contributed by atoms with Crippen molar-refractivity contribution in [2.75, 3.05) is 4.90 Å². The Kier molecular flexibility index (Phi) is 8.87. The van der Waals surface area contributed by atoms with E-state index in [1.54, 1.807) is 0 Å². The molecule has 336 valence electrons. The Balaban J connectivity index is 1.03. The zero-order valence-corrected chi connectivity index (χ0v) is 39.1. The molecule has 1 unspecified atom stereocenters. The summed E-state index contributed by atoms with van der Waals surface area (Å²) in [5, 5.41) is 8.92. The first-order valence-electron chi connectivity index (χ1n) is 24.7. The molecule has 0 amide bonds. The fourth-order valence-electron chi connectivity index (χ4n) is 12.3. The molecular formula is C69H43NO2. The average Bonchev–Trinajstić information content (AvgIpc) is 4.13. The third-order valence-electron chi connectivity index (χ3n) is 15.3. The minimum Gasteiger partial charge on any atom is -0.456 e. The van der Waals surface area contributed by atoms with Crippen LogP contribution in [0.4, 0.5) is 17.1 Å². The molecule has 72 heavy (non-hydrogen) atoms. The second-order valence-corrected chi connectivity index (χ2v) is 19.0. The van der Waals surface area contributed by atoms with Gasteiger partial charge in [-0.1, -0.05) is 206 Å². The zero-order valence-electron chi connectivity index (χ0n) is 39.1. The summed E-state index contributed by atoms with van der Waals surface area (Å²) in [6.07, 6.45) is 0. The number of anilines is 3. The van der Waals surface area contributed by atoms with Crippen LogP contribution in [-0.2, 0) is 5.41 Å². The van der Waals surface area contributed by atoms with E-state index < -0.39 is 5.41 Å². The Hall–Kier alpha value is -9.44. The molecule has 0 spiro atoms. The molecule has 2 aromatic heterocycles. The lowest BCUT2D eigenvalue weighted by atomic mass is 9.67. The van der Waals surface area contributed by atoms with E-state index in [0.717, 1.165) is 82.8 Å². The summed E-state index contributed by atoms with van der Waals surface area (Å²) >= 11 is 0. The van der Waals surface area contributed by atoms with Crippen LogP contribution in [0, 0.1) is 0 Å². The van der Waals surface area contributed by atoms with Crippen molar-refractivity contribution in [3.63, 3.8) is 0 Å². The quantitative estimate of drug-likeness (QED) is 0.160. The largest absolute Gasteiger partial charge is 0.456 e. The van der Waals surface area contributed by atoms with Crippen molar-refractivity contribution in [1.82, 2.24) is 0 Å². The van der Waals surface area contributed by atoms with Gasteiger partial charge in [-0.05, 0) is 126 Å². The monoisotopic (exact) mass is 917 g/mol. The third-order valence-corrected chi connectivity index (χ3v) is 15.3. The molecule has 0 N–H and O–H groups in total. The molecule has 0 bridgehead atoms. The maximum atomic E-state index is 6.92. The molecule has 0 fully saturated rings. The summed E-state index contributed by atoms with van der Waals surface area (Å²) < 4.78 is 13.7. The van der Waals surface area contributed by atoms with E-state index >= 15 is 0 Å². The summed E-state index contributed by atoms with van der Waals surface area (Å²) in [6, 6.07) is 95.0. The van der Waals surface area contributed by atoms with Gasteiger partial charge in [0.05, 0.1) is 27.6 Å². The minimum absolute atomic E-state index is 0.679. The standard InChI is InChI=1S/C69H43NO2/c1-3-18-44(19-4-1)47-39-41-62-57(42-47)67-61(35-16-36-63(67)71-62)70(60-34-17-37-64-66(60)56-40-38-46-21-8-10-28-52(46)68(56)72-64)50-26-14-25-49(43-50)69(48-23-5-2-6-24-48)58-32-12-11-29-55(58)65-54(31-15-33-59(65)69)53-30-13-22-45-20-7-9-27-51(45)53/h1-43H. The molecule has 0 saturated heterocycles. The molecule has 1 aliphatic carbocycles. The smallest absolute Gasteiger partial charge is 0.143 e. The first-order chi connectivity index (χ1) is 35.7. The number of furan rings is 2. The van der Waals surface area contributed by atoms with Crippen LogP contribution < -0.4 is 4.90 Å². The molecule has 14 aromatic rings. The molecule has 0 saturated carbocycles.